The molecule has 1 fully saturated rings. The van der Waals surface area contributed by atoms with E-state index in [9.17, 15) is 9.90 Å². The molecule has 1 rings (SSSR count). The molecule has 1 aliphatic heterocycles. The molecule has 0 bridgehead atoms. The van der Waals surface area contributed by atoms with Crippen molar-refractivity contribution in [2.24, 2.45) is 0 Å². The third kappa shape index (κ3) is 5.05. The van der Waals surface area contributed by atoms with E-state index in [4.69, 9.17) is 13.9 Å². The van der Waals surface area contributed by atoms with Crippen molar-refractivity contribution in [3.05, 3.63) is 0 Å². The van der Waals surface area contributed by atoms with E-state index < -0.39 is 26.5 Å². The van der Waals surface area contributed by atoms with Crippen LogP contribution in [0.5, 0.6) is 0 Å². The second-order valence-electron chi connectivity index (χ2n) is 7.14. The quantitative estimate of drug-likeness (QED) is 0.602. The summed E-state index contributed by atoms with van der Waals surface area (Å²) in [5, 5.41) is 10.1. The summed E-state index contributed by atoms with van der Waals surface area (Å²) in [4.78, 5) is 11.5. The number of hydrogen-bond donors (Lipinski definition) is 1. The van der Waals surface area contributed by atoms with Gasteiger partial charge < -0.3 is 19.0 Å². The van der Waals surface area contributed by atoms with Gasteiger partial charge in [-0.3, -0.25) is 0 Å². The zero-order chi connectivity index (χ0) is 16.3. The molecule has 124 valence electrons. The molecule has 0 aromatic rings. The molecule has 1 N–H and O–H groups in total. The lowest BCUT2D eigenvalue weighted by atomic mass is 10.1. The molecule has 0 aromatic heterocycles. The highest BCUT2D eigenvalue weighted by Gasteiger charge is 2.40. The maximum atomic E-state index is 11.5. The fraction of sp³-hybridized carbons (Fsp3) is 0.933. The Hall–Kier alpha value is -0.433. The molecule has 1 aliphatic rings. The van der Waals surface area contributed by atoms with Crippen LogP contribution in [0.25, 0.3) is 0 Å². The van der Waals surface area contributed by atoms with Gasteiger partial charge in [0.15, 0.2) is 14.4 Å². The highest BCUT2D eigenvalue weighted by molar-refractivity contribution is 6.74. The molecule has 0 radical (unpaired) electrons. The molecule has 0 aliphatic carbocycles. The van der Waals surface area contributed by atoms with Crippen molar-refractivity contribution in [2.45, 2.75) is 77.0 Å². The van der Waals surface area contributed by atoms with Crippen molar-refractivity contribution in [1.82, 2.24) is 0 Å². The van der Waals surface area contributed by atoms with Gasteiger partial charge in [-0.05, 0) is 37.9 Å². The Balaban J connectivity index is 2.43. The first-order valence-corrected chi connectivity index (χ1v) is 10.6. The third-order valence-electron chi connectivity index (χ3n) is 4.46. The molecular formula is C15H30O5Si. The second kappa shape index (κ2) is 7.22. The number of aliphatic hydroxyl groups excluding tert-OH is 1. The predicted molar refractivity (Wildman–Crippen MR) is 83.7 cm³/mol. The van der Waals surface area contributed by atoms with Crippen molar-refractivity contribution in [3.8, 4) is 0 Å². The van der Waals surface area contributed by atoms with E-state index in [0.29, 0.717) is 13.0 Å². The molecule has 0 amide bonds. The Morgan fingerprint density at radius 2 is 2.00 bits per heavy atom. The van der Waals surface area contributed by atoms with E-state index in [1.54, 1.807) is 6.92 Å². The minimum atomic E-state index is -1.79. The summed E-state index contributed by atoms with van der Waals surface area (Å²) in [5.41, 5.74) is 0. The van der Waals surface area contributed by atoms with Gasteiger partial charge in [-0.25, -0.2) is 4.79 Å². The van der Waals surface area contributed by atoms with Gasteiger partial charge in [0.05, 0.1) is 25.4 Å². The van der Waals surface area contributed by atoms with Crippen LogP contribution in [0, 0.1) is 0 Å². The lowest BCUT2D eigenvalue weighted by molar-refractivity contribution is -0.161. The number of hydrogen-bond acceptors (Lipinski definition) is 5. The van der Waals surface area contributed by atoms with E-state index >= 15 is 0 Å². The Labute approximate surface area is 129 Å². The normalized spacial score (nSPS) is 24.9. The van der Waals surface area contributed by atoms with E-state index in [2.05, 4.69) is 33.9 Å². The maximum absolute atomic E-state index is 11.5. The van der Waals surface area contributed by atoms with Crippen LogP contribution in [0.2, 0.25) is 18.1 Å². The Morgan fingerprint density at radius 1 is 1.38 bits per heavy atom. The third-order valence-corrected chi connectivity index (χ3v) is 8.96. The van der Waals surface area contributed by atoms with E-state index in [0.717, 1.165) is 6.42 Å². The van der Waals surface area contributed by atoms with Crippen LogP contribution in [-0.4, -0.2) is 50.9 Å². The van der Waals surface area contributed by atoms with Crippen molar-refractivity contribution in [1.29, 1.82) is 0 Å². The number of carbonyl (C=O) groups is 1. The fourth-order valence-corrected chi connectivity index (χ4v) is 3.02. The lowest BCUT2D eigenvalue weighted by Crippen LogP contribution is -2.43. The van der Waals surface area contributed by atoms with E-state index in [-0.39, 0.29) is 17.7 Å². The number of aliphatic hydroxyl groups is 1. The van der Waals surface area contributed by atoms with E-state index in [1.165, 1.54) is 0 Å². The summed E-state index contributed by atoms with van der Waals surface area (Å²) in [6.07, 6.45) is -0.255. The first kappa shape index (κ1) is 18.6. The average molecular weight is 318 g/mol. The van der Waals surface area contributed by atoms with Gasteiger partial charge in [0.25, 0.3) is 0 Å². The SMILES string of the molecule is CCOC(=O)[C@@H](O)[C@H]1CC[C@H](CO[Si](C)(C)C(C)(C)C)O1. The van der Waals surface area contributed by atoms with Crippen molar-refractivity contribution < 1.29 is 23.8 Å². The minimum absolute atomic E-state index is 0.0480. The first-order chi connectivity index (χ1) is 9.58. The topological polar surface area (TPSA) is 65.0 Å². The van der Waals surface area contributed by atoms with Gasteiger partial charge in [-0.15, -0.1) is 0 Å². The van der Waals surface area contributed by atoms with Gasteiger partial charge in [0, 0.05) is 0 Å². The van der Waals surface area contributed by atoms with Gasteiger partial charge in [0.2, 0.25) is 0 Å². The molecule has 1 saturated heterocycles. The molecule has 0 unspecified atom stereocenters. The predicted octanol–water partition coefficient (Wildman–Crippen LogP) is 2.48. The van der Waals surface area contributed by atoms with Crippen LogP contribution in [0.3, 0.4) is 0 Å². The summed E-state index contributed by atoms with van der Waals surface area (Å²) in [7, 11) is -1.79. The molecule has 0 saturated carbocycles. The molecule has 3 atom stereocenters. The fourth-order valence-electron chi connectivity index (χ4n) is 1.99. The second-order valence-corrected chi connectivity index (χ2v) is 12.0. The molecule has 0 spiro atoms. The van der Waals surface area contributed by atoms with Crippen LogP contribution < -0.4 is 0 Å². The van der Waals surface area contributed by atoms with Gasteiger partial charge in [-0.2, -0.15) is 0 Å². The van der Waals surface area contributed by atoms with Crippen LogP contribution in [0.1, 0.15) is 40.5 Å². The summed E-state index contributed by atoms with van der Waals surface area (Å²) < 4.78 is 16.7. The monoisotopic (exact) mass is 318 g/mol. The zero-order valence-corrected chi connectivity index (χ0v) is 15.1. The minimum Gasteiger partial charge on any atom is -0.464 e. The Bertz CT molecular complexity index is 350. The zero-order valence-electron chi connectivity index (χ0n) is 14.1. The molecule has 6 heteroatoms. The van der Waals surface area contributed by atoms with E-state index in [1.807, 2.05) is 0 Å². The highest BCUT2D eigenvalue weighted by Crippen LogP contribution is 2.37. The number of ether oxygens (including phenoxy) is 2. The smallest absolute Gasteiger partial charge is 0.337 e. The summed E-state index contributed by atoms with van der Waals surface area (Å²) in [6.45, 7) is 13.5. The number of rotatable bonds is 6. The molecule has 0 aromatic carbocycles. The molecule has 5 nitrogen and oxygen atoms in total. The van der Waals surface area contributed by atoms with Crippen LogP contribution in [0.4, 0.5) is 0 Å². The van der Waals surface area contributed by atoms with Crippen LogP contribution in [-0.2, 0) is 18.7 Å². The maximum Gasteiger partial charge on any atom is 0.337 e. The van der Waals surface area contributed by atoms with Crippen molar-refractivity contribution in [3.63, 3.8) is 0 Å². The molecule has 1 heterocycles. The van der Waals surface area contributed by atoms with Crippen LogP contribution in [0.15, 0.2) is 0 Å². The summed E-state index contributed by atoms with van der Waals surface area (Å²) in [5.74, 6) is -0.603. The standard InChI is InChI=1S/C15H30O5Si/c1-7-18-14(17)13(16)12-9-8-11(20-12)10-19-21(5,6)15(2,3)4/h11-13,16H,7-10H2,1-6H3/t11-,12-,13+/m1/s1. The lowest BCUT2D eigenvalue weighted by Gasteiger charge is -2.36. The number of esters is 1. The van der Waals surface area contributed by atoms with Gasteiger partial charge >= 0.3 is 5.97 Å². The summed E-state index contributed by atoms with van der Waals surface area (Å²) in [6, 6.07) is 0. The first-order valence-electron chi connectivity index (χ1n) is 7.72. The highest BCUT2D eigenvalue weighted by atomic mass is 28.4. The Kier molecular flexibility index (Phi) is 6.40. The average Bonchev–Trinajstić information content (AvgIpc) is 2.83. The Morgan fingerprint density at radius 3 is 2.52 bits per heavy atom. The van der Waals surface area contributed by atoms with Gasteiger partial charge in [-0.1, -0.05) is 20.8 Å². The molecular weight excluding hydrogens is 288 g/mol. The molecule has 21 heavy (non-hydrogen) atoms. The summed E-state index contributed by atoms with van der Waals surface area (Å²) >= 11 is 0. The van der Waals surface area contributed by atoms with Gasteiger partial charge in [0.1, 0.15) is 0 Å². The van der Waals surface area contributed by atoms with Crippen molar-refractivity contribution in [2.75, 3.05) is 13.2 Å². The van der Waals surface area contributed by atoms with Crippen molar-refractivity contribution >= 4 is 14.3 Å². The largest absolute Gasteiger partial charge is 0.464 e. The number of carbonyl (C=O) groups excluding carboxylic acids is 1. The van der Waals surface area contributed by atoms with Crippen LogP contribution >= 0.6 is 0 Å².